The van der Waals surface area contributed by atoms with E-state index in [1.807, 2.05) is 16.7 Å². The maximum Gasteiger partial charge on any atom is 0.417 e. The Balaban J connectivity index is 1.49. The lowest BCUT2D eigenvalue weighted by Gasteiger charge is -2.43. The number of rotatable bonds is 3. The van der Waals surface area contributed by atoms with Gasteiger partial charge in [-0.3, -0.25) is 4.79 Å². The summed E-state index contributed by atoms with van der Waals surface area (Å²) in [6.45, 7) is 4.27. The van der Waals surface area contributed by atoms with Crippen LogP contribution in [0, 0.1) is 28.1 Å². The Morgan fingerprint density at radius 2 is 1.93 bits per heavy atom. The quantitative estimate of drug-likeness (QED) is 0.812. The molecule has 1 saturated carbocycles. The van der Waals surface area contributed by atoms with Crippen LogP contribution in [-0.2, 0) is 11.0 Å². The molecule has 1 aromatic carbocycles. The van der Waals surface area contributed by atoms with Crippen LogP contribution in [0.4, 0.5) is 18.9 Å². The van der Waals surface area contributed by atoms with E-state index in [0.717, 1.165) is 18.9 Å². The number of benzene rings is 1. The molecule has 0 aromatic heterocycles. The third-order valence-corrected chi connectivity index (χ3v) is 7.39. The van der Waals surface area contributed by atoms with Crippen LogP contribution in [0.3, 0.4) is 0 Å². The van der Waals surface area contributed by atoms with Gasteiger partial charge in [0.1, 0.15) is 0 Å². The van der Waals surface area contributed by atoms with Crippen LogP contribution < -0.4 is 4.90 Å². The third-order valence-electron chi connectivity index (χ3n) is 7.39. The first-order valence-electron chi connectivity index (χ1n) is 10.4. The molecule has 0 radical (unpaired) electrons. The molecule has 2 saturated heterocycles. The van der Waals surface area contributed by atoms with Crippen LogP contribution in [0.5, 0.6) is 0 Å². The van der Waals surface area contributed by atoms with Gasteiger partial charge in [-0.05, 0) is 49.3 Å². The average molecular weight is 421 g/mol. The third kappa shape index (κ3) is 3.53. The van der Waals surface area contributed by atoms with Gasteiger partial charge in [0.15, 0.2) is 0 Å². The van der Waals surface area contributed by atoms with Gasteiger partial charge in [0.05, 0.1) is 17.2 Å². The van der Waals surface area contributed by atoms with Crippen molar-refractivity contribution in [2.24, 2.45) is 16.7 Å². The number of aliphatic hydroxyl groups excluding tert-OH is 1. The van der Waals surface area contributed by atoms with Gasteiger partial charge in [-0.15, -0.1) is 0 Å². The van der Waals surface area contributed by atoms with Gasteiger partial charge in [-0.2, -0.15) is 18.4 Å². The molecule has 5 nitrogen and oxygen atoms in total. The molecular weight excluding hydrogens is 395 g/mol. The Kier molecular flexibility index (Phi) is 5.00. The Hall–Kier alpha value is -2.27. The van der Waals surface area contributed by atoms with Gasteiger partial charge >= 0.3 is 6.18 Å². The zero-order valence-electron chi connectivity index (χ0n) is 17.0. The molecule has 162 valence electrons. The first kappa shape index (κ1) is 21.0. The van der Waals surface area contributed by atoms with Gasteiger partial charge in [0, 0.05) is 49.8 Å². The number of anilines is 1. The first-order valence-corrected chi connectivity index (χ1v) is 10.4. The predicted molar refractivity (Wildman–Crippen MR) is 105 cm³/mol. The lowest BCUT2D eigenvalue weighted by atomic mass is 9.71. The largest absolute Gasteiger partial charge is 0.417 e. The number of carbonyl (C=O) groups excluding carboxylic acids is 1. The first-order chi connectivity index (χ1) is 14.1. The maximum absolute atomic E-state index is 13.3. The molecule has 4 rings (SSSR count). The summed E-state index contributed by atoms with van der Waals surface area (Å²) in [5.74, 6) is 0.166. The van der Waals surface area contributed by atoms with E-state index >= 15 is 0 Å². The van der Waals surface area contributed by atoms with Crippen LogP contribution in [0.15, 0.2) is 18.2 Å². The topological polar surface area (TPSA) is 67.6 Å². The van der Waals surface area contributed by atoms with E-state index in [-0.39, 0.29) is 34.8 Å². The van der Waals surface area contributed by atoms with Crippen molar-refractivity contribution in [2.75, 3.05) is 37.7 Å². The average Bonchev–Trinajstić information content (AvgIpc) is 3.38. The molecular formula is C22H26F3N3O2. The summed E-state index contributed by atoms with van der Waals surface area (Å²) < 4.78 is 39.9. The number of nitriles is 1. The lowest BCUT2D eigenvalue weighted by molar-refractivity contribution is -0.138. The lowest BCUT2D eigenvalue weighted by Crippen LogP contribution is -2.45. The van der Waals surface area contributed by atoms with E-state index < -0.39 is 11.7 Å². The SMILES string of the molecule is CC1(C(=O)N2CC(CO)C3(CCN(c4ccc(C#N)c(C(F)(F)F)c4)CC3)C2)CC1. The van der Waals surface area contributed by atoms with Crippen LogP contribution in [0.25, 0.3) is 0 Å². The number of hydrogen-bond donors (Lipinski definition) is 1. The minimum Gasteiger partial charge on any atom is -0.396 e. The van der Waals surface area contributed by atoms with Crippen molar-refractivity contribution < 1.29 is 23.1 Å². The fourth-order valence-electron chi connectivity index (χ4n) is 5.06. The van der Waals surface area contributed by atoms with E-state index in [9.17, 15) is 23.1 Å². The number of hydrogen-bond acceptors (Lipinski definition) is 4. The number of aliphatic hydroxyl groups is 1. The number of amides is 1. The molecule has 0 bridgehead atoms. The van der Waals surface area contributed by atoms with Crippen molar-refractivity contribution in [2.45, 2.75) is 38.8 Å². The van der Waals surface area contributed by atoms with Gasteiger partial charge < -0.3 is 14.9 Å². The van der Waals surface area contributed by atoms with Crippen molar-refractivity contribution >= 4 is 11.6 Å². The van der Waals surface area contributed by atoms with Gasteiger partial charge in [-0.1, -0.05) is 6.92 Å². The Morgan fingerprint density at radius 3 is 2.47 bits per heavy atom. The standard InChI is InChI=1S/C22H26F3N3O2/c1-20(4-5-20)19(30)28-12-16(13-29)21(14-28)6-8-27(9-7-21)17-3-2-15(11-26)18(10-17)22(23,24)25/h2-3,10,16,29H,4-9,12-14H2,1H3. The van der Waals surface area contributed by atoms with Gasteiger partial charge in [0.25, 0.3) is 0 Å². The zero-order chi connectivity index (χ0) is 21.7. The van der Waals surface area contributed by atoms with Crippen molar-refractivity contribution in [1.82, 2.24) is 4.90 Å². The van der Waals surface area contributed by atoms with Crippen molar-refractivity contribution in [1.29, 1.82) is 5.26 Å². The molecule has 1 aromatic rings. The van der Waals surface area contributed by atoms with E-state index in [1.165, 1.54) is 6.07 Å². The smallest absolute Gasteiger partial charge is 0.396 e. The molecule has 3 fully saturated rings. The zero-order valence-corrected chi connectivity index (χ0v) is 17.0. The highest BCUT2D eigenvalue weighted by molar-refractivity contribution is 5.85. The Labute approximate surface area is 174 Å². The summed E-state index contributed by atoms with van der Waals surface area (Å²) in [6.07, 6.45) is -1.34. The number of piperidine rings is 1. The minimum atomic E-state index is -4.58. The summed E-state index contributed by atoms with van der Waals surface area (Å²) in [7, 11) is 0. The highest BCUT2D eigenvalue weighted by atomic mass is 19.4. The molecule has 8 heteroatoms. The molecule has 1 N–H and O–H groups in total. The fourth-order valence-corrected chi connectivity index (χ4v) is 5.06. The van der Waals surface area contributed by atoms with Crippen LogP contribution in [0.1, 0.15) is 43.7 Å². The molecule has 1 amide bonds. The molecule has 1 unspecified atom stereocenters. The number of nitrogens with zero attached hydrogens (tertiary/aromatic N) is 3. The van der Waals surface area contributed by atoms with E-state index in [0.29, 0.717) is 44.7 Å². The molecule has 30 heavy (non-hydrogen) atoms. The van der Waals surface area contributed by atoms with E-state index in [1.54, 1.807) is 12.1 Å². The number of carbonyl (C=O) groups is 1. The summed E-state index contributed by atoms with van der Waals surface area (Å²) in [4.78, 5) is 16.6. The summed E-state index contributed by atoms with van der Waals surface area (Å²) >= 11 is 0. The van der Waals surface area contributed by atoms with Crippen LogP contribution >= 0.6 is 0 Å². The molecule has 2 heterocycles. The van der Waals surface area contributed by atoms with Gasteiger partial charge in [-0.25, -0.2) is 0 Å². The number of halogens is 3. The molecule has 1 atom stereocenters. The molecule has 2 aliphatic heterocycles. The van der Waals surface area contributed by atoms with E-state index in [4.69, 9.17) is 5.26 Å². The van der Waals surface area contributed by atoms with Crippen LogP contribution in [0.2, 0.25) is 0 Å². The highest BCUT2D eigenvalue weighted by Crippen LogP contribution is 2.51. The molecule has 1 spiro atoms. The second-order valence-corrected chi connectivity index (χ2v) is 9.31. The normalized spacial score (nSPS) is 24.7. The van der Waals surface area contributed by atoms with Crippen molar-refractivity contribution in [3.05, 3.63) is 29.3 Å². The summed E-state index contributed by atoms with van der Waals surface area (Å²) in [5, 5.41) is 19.0. The predicted octanol–water partition coefficient (Wildman–Crippen LogP) is 3.41. The summed E-state index contributed by atoms with van der Waals surface area (Å²) in [5.41, 5.74) is -1.27. The second kappa shape index (κ2) is 7.16. The maximum atomic E-state index is 13.3. The second-order valence-electron chi connectivity index (χ2n) is 9.31. The number of likely N-dealkylation sites (tertiary alicyclic amines) is 1. The molecule has 3 aliphatic rings. The molecule has 1 aliphatic carbocycles. The monoisotopic (exact) mass is 421 g/mol. The van der Waals surface area contributed by atoms with Crippen molar-refractivity contribution in [3.63, 3.8) is 0 Å². The highest BCUT2D eigenvalue weighted by Gasteiger charge is 2.54. The van der Waals surface area contributed by atoms with E-state index in [2.05, 4.69) is 0 Å². The Bertz CT molecular complexity index is 881. The minimum absolute atomic E-state index is 0.00217. The fraction of sp³-hybridized carbons (Fsp3) is 0.636. The van der Waals surface area contributed by atoms with Gasteiger partial charge in [0.2, 0.25) is 5.91 Å². The van der Waals surface area contributed by atoms with Crippen molar-refractivity contribution in [3.8, 4) is 6.07 Å². The number of alkyl halides is 3. The summed E-state index contributed by atoms with van der Waals surface area (Å²) in [6, 6.07) is 5.46. The Morgan fingerprint density at radius 1 is 1.27 bits per heavy atom. The van der Waals surface area contributed by atoms with Crippen LogP contribution in [-0.4, -0.2) is 48.7 Å².